The van der Waals surface area contributed by atoms with Crippen molar-refractivity contribution in [3.63, 3.8) is 0 Å². The molecule has 0 spiro atoms. The summed E-state index contributed by atoms with van der Waals surface area (Å²) in [5.74, 6) is 1.31. The van der Waals surface area contributed by atoms with Gasteiger partial charge < -0.3 is 14.7 Å². The molecule has 2 rings (SSSR count). The van der Waals surface area contributed by atoms with Gasteiger partial charge in [0.2, 0.25) is 0 Å². The van der Waals surface area contributed by atoms with Crippen LogP contribution in [-0.2, 0) is 6.61 Å². The molecule has 20 heavy (non-hydrogen) atoms. The van der Waals surface area contributed by atoms with Gasteiger partial charge >= 0.3 is 0 Å². The molecule has 2 aromatic carbocycles. The van der Waals surface area contributed by atoms with Crippen LogP contribution < -0.4 is 9.47 Å². The second-order valence-electron chi connectivity index (χ2n) is 4.16. The molecule has 104 valence electrons. The monoisotopic (exact) mass is 271 g/mol. The summed E-state index contributed by atoms with van der Waals surface area (Å²) >= 11 is 0. The van der Waals surface area contributed by atoms with Crippen molar-refractivity contribution in [3.8, 4) is 11.5 Å². The van der Waals surface area contributed by atoms with Gasteiger partial charge in [0.25, 0.3) is 0 Å². The molecule has 0 aliphatic rings. The lowest BCUT2D eigenvalue weighted by Gasteiger charge is -2.12. The fourth-order valence-corrected chi connectivity index (χ4v) is 1.79. The maximum absolute atomic E-state index is 8.56. The first-order valence-electron chi connectivity index (χ1n) is 6.44. The second kappa shape index (κ2) is 7.19. The van der Waals surface area contributed by atoms with Crippen LogP contribution in [0.4, 0.5) is 0 Å². The van der Waals surface area contributed by atoms with Crippen molar-refractivity contribution in [1.29, 1.82) is 0 Å². The number of nitrogens with zero attached hydrogens (tertiary/aromatic N) is 1. The number of oxime groups is 1. The molecule has 0 atom stereocenters. The predicted molar refractivity (Wildman–Crippen MR) is 77.8 cm³/mol. The van der Waals surface area contributed by atoms with Crippen LogP contribution in [0.15, 0.2) is 53.7 Å². The SMILES string of the molecule is CCOc1cc(/C=N\O)ccc1OCc1ccccc1. The van der Waals surface area contributed by atoms with E-state index in [0.29, 0.717) is 24.7 Å². The summed E-state index contributed by atoms with van der Waals surface area (Å²) < 4.78 is 11.3. The molecule has 0 fully saturated rings. The first-order valence-corrected chi connectivity index (χ1v) is 6.44. The van der Waals surface area contributed by atoms with E-state index in [1.54, 1.807) is 6.07 Å². The second-order valence-corrected chi connectivity index (χ2v) is 4.16. The van der Waals surface area contributed by atoms with Crippen molar-refractivity contribution in [3.05, 3.63) is 59.7 Å². The summed E-state index contributed by atoms with van der Waals surface area (Å²) in [6.45, 7) is 2.93. The van der Waals surface area contributed by atoms with Crippen molar-refractivity contribution in [2.75, 3.05) is 6.61 Å². The van der Waals surface area contributed by atoms with E-state index in [1.165, 1.54) is 6.21 Å². The maximum atomic E-state index is 8.56. The fourth-order valence-electron chi connectivity index (χ4n) is 1.79. The van der Waals surface area contributed by atoms with E-state index in [9.17, 15) is 0 Å². The van der Waals surface area contributed by atoms with Gasteiger partial charge in [-0.1, -0.05) is 35.5 Å². The molecule has 0 radical (unpaired) electrons. The molecular weight excluding hydrogens is 254 g/mol. The van der Waals surface area contributed by atoms with Gasteiger partial charge in [-0.2, -0.15) is 0 Å². The highest BCUT2D eigenvalue weighted by Gasteiger charge is 2.06. The number of benzene rings is 2. The van der Waals surface area contributed by atoms with E-state index in [4.69, 9.17) is 14.7 Å². The van der Waals surface area contributed by atoms with Gasteiger partial charge in [-0.15, -0.1) is 0 Å². The number of ether oxygens (including phenoxy) is 2. The Morgan fingerprint density at radius 1 is 1.05 bits per heavy atom. The lowest BCUT2D eigenvalue weighted by atomic mass is 10.2. The van der Waals surface area contributed by atoms with Crippen LogP contribution in [0, 0.1) is 0 Å². The number of rotatable bonds is 6. The molecule has 0 saturated carbocycles. The summed E-state index contributed by atoms with van der Waals surface area (Å²) in [6, 6.07) is 15.3. The van der Waals surface area contributed by atoms with Crippen LogP contribution in [0.3, 0.4) is 0 Å². The molecule has 0 amide bonds. The fraction of sp³-hybridized carbons (Fsp3) is 0.188. The highest BCUT2D eigenvalue weighted by molar-refractivity contribution is 5.80. The Morgan fingerprint density at radius 2 is 1.85 bits per heavy atom. The summed E-state index contributed by atoms with van der Waals surface area (Å²) in [6.07, 6.45) is 1.35. The van der Waals surface area contributed by atoms with Gasteiger partial charge in [0.05, 0.1) is 12.8 Å². The number of hydrogen-bond donors (Lipinski definition) is 1. The van der Waals surface area contributed by atoms with E-state index < -0.39 is 0 Å². The average molecular weight is 271 g/mol. The molecule has 0 saturated heterocycles. The highest BCUT2D eigenvalue weighted by Crippen LogP contribution is 2.28. The smallest absolute Gasteiger partial charge is 0.161 e. The Kier molecular flexibility index (Phi) is 5.00. The van der Waals surface area contributed by atoms with Gasteiger partial charge in [0.15, 0.2) is 11.5 Å². The molecule has 1 N–H and O–H groups in total. The lowest BCUT2D eigenvalue weighted by molar-refractivity contribution is 0.269. The van der Waals surface area contributed by atoms with Crippen LogP contribution in [0.2, 0.25) is 0 Å². The molecule has 2 aromatic rings. The Hall–Kier alpha value is -2.49. The molecule has 0 aromatic heterocycles. The highest BCUT2D eigenvalue weighted by atomic mass is 16.5. The third-order valence-electron chi connectivity index (χ3n) is 2.71. The maximum Gasteiger partial charge on any atom is 0.161 e. The van der Waals surface area contributed by atoms with Gasteiger partial charge in [-0.25, -0.2) is 0 Å². The Morgan fingerprint density at radius 3 is 2.55 bits per heavy atom. The summed E-state index contributed by atoms with van der Waals surface area (Å²) in [5, 5.41) is 11.6. The minimum absolute atomic E-state index is 0.481. The first-order chi connectivity index (χ1) is 9.83. The van der Waals surface area contributed by atoms with Crippen LogP contribution >= 0.6 is 0 Å². The molecule has 0 heterocycles. The standard InChI is InChI=1S/C16H17NO3/c1-2-19-16-10-14(11-17-18)8-9-15(16)20-12-13-6-4-3-5-7-13/h3-11,18H,2,12H2,1H3/b17-11-. The normalized spacial score (nSPS) is 10.7. The van der Waals surface area contributed by atoms with E-state index in [0.717, 1.165) is 11.1 Å². The third-order valence-corrected chi connectivity index (χ3v) is 2.71. The summed E-state index contributed by atoms with van der Waals surface area (Å²) in [7, 11) is 0. The third kappa shape index (κ3) is 3.75. The Bertz CT molecular complexity index is 567. The van der Waals surface area contributed by atoms with Crippen LogP contribution in [0.1, 0.15) is 18.1 Å². The molecule has 0 aliphatic carbocycles. The topological polar surface area (TPSA) is 51.0 Å². The van der Waals surface area contributed by atoms with E-state index in [2.05, 4.69) is 5.16 Å². The molecule has 0 unspecified atom stereocenters. The van der Waals surface area contributed by atoms with Gasteiger partial charge in [-0.05, 0) is 30.7 Å². The van der Waals surface area contributed by atoms with Crippen LogP contribution in [-0.4, -0.2) is 18.0 Å². The first kappa shape index (κ1) is 13.9. The summed E-state index contributed by atoms with van der Waals surface area (Å²) in [5.41, 5.74) is 1.85. The molecule has 4 heteroatoms. The van der Waals surface area contributed by atoms with Gasteiger partial charge in [-0.3, -0.25) is 0 Å². The summed E-state index contributed by atoms with van der Waals surface area (Å²) in [4.78, 5) is 0. The van der Waals surface area contributed by atoms with Crippen molar-refractivity contribution in [2.45, 2.75) is 13.5 Å². The minimum atomic E-state index is 0.481. The lowest BCUT2D eigenvalue weighted by Crippen LogP contribution is -2.00. The van der Waals surface area contributed by atoms with Gasteiger partial charge in [0, 0.05) is 5.56 Å². The van der Waals surface area contributed by atoms with Crippen molar-refractivity contribution in [1.82, 2.24) is 0 Å². The molecular formula is C16H17NO3. The quantitative estimate of drug-likeness (QED) is 0.497. The van der Waals surface area contributed by atoms with Crippen molar-refractivity contribution >= 4 is 6.21 Å². The minimum Gasteiger partial charge on any atom is -0.490 e. The van der Waals surface area contributed by atoms with Crippen LogP contribution in [0.5, 0.6) is 11.5 Å². The molecule has 4 nitrogen and oxygen atoms in total. The van der Waals surface area contributed by atoms with E-state index in [-0.39, 0.29) is 0 Å². The zero-order chi connectivity index (χ0) is 14.2. The zero-order valence-corrected chi connectivity index (χ0v) is 11.3. The van der Waals surface area contributed by atoms with Crippen LogP contribution in [0.25, 0.3) is 0 Å². The Balaban J connectivity index is 2.13. The molecule has 0 bridgehead atoms. The average Bonchev–Trinajstić information content (AvgIpc) is 2.48. The predicted octanol–water partition coefficient (Wildman–Crippen LogP) is 3.47. The van der Waals surface area contributed by atoms with E-state index >= 15 is 0 Å². The Labute approximate surface area is 118 Å². The largest absolute Gasteiger partial charge is 0.490 e. The molecule has 0 aliphatic heterocycles. The van der Waals surface area contributed by atoms with Crippen molar-refractivity contribution < 1.29 is 14.7 Å². The number of hydrogen-bond acceptors (Lipinski definition) is 4. The van der Waals surface area contributed by atoms with Crippen molar-refractivity contribution in [2.24, 2.45) is 5.16 Å². The zero-order valence-electron chi connectivity index (χ0n) is 11.3. The van der Waals surface area contributed by atoms with E-state index in [1.807, 2.05) is 49.4 Å². The van der Waals surface area contributed by atoms with Gasteiger partial charge in [0.1, 0.15) is 6.61 Å².